The van der Waals surface area contributed by atoms with Crippen molar-refractivity contribution >= 4 is 33.2 Å². The Kier molecular flexibility index (Phi) is 7.97. The fourth-order valence-corrected chi connectivity index (χ4v) is 4.46. The van der Waals surface area contributed by atoms with Crippen LogP contribution in [-0.4, -0.2) is 35.1 Å². The van der Waals surface area contributed by atoms with E-state index in [4.69, 9.17) is 21.1 Å². The number of carbonyl (C=O) groups excluding carboxylic acids is 1. The fraction of sp³-hybridized carbons (Fsp3) is 0.208. The number of rotatable bonds is 9. The number of methoxy groups -OCH3 is 2. The SMILES string of the molecule is COc1ccc(S(=O)(=O)NCC(=O)Nc2ccc(C)cc2Cc2ccccc2Cl)cc1OC. The zero-order chi connectivity index (χ0) is 24.0. The number of anilines is 1. The van der Waals surface area contributed by atoms with E-state index in [1.54, 1.807) is 6.07 Å². The van der Waals surface area contributed by atoms with Crippen molar-refractivity contribution in [2.24, 2.45) is 0 Å². The molecule has 0 spiro atoms. The second-order valence-electron chi connectivity index (χ2n) is 7.32. The Labute approximate surface area is 198 Å². The van der Waals surface area contributed by atoms with Gasteiger partial charge in [0, 0.05) is 23.2 Å². The van der Waals surface area contributed by atoms with Crippen LogP contribution in [0.15, 0.2) is 65.6 Å². The van der Waals surface area contributed by atoms with Gasteiger partial charge in [0.1, 0.15) is 0 Å². The Balaban J connectivity index is 1.72. The summed E-state index contributed by atoms with van der Waals surface area (Å²) in [6.07, 6.45) is 0.522. The zero-order valence-electron chi connectivity index (χ0n) is 18.5. The number of carbonyl (C=O) groups is 1. The lowest BCUT2D eigenvalue weighted by Gasteiger charge is -2.14. The highest BCUT2D eigenvalue weighted by Crippen LogP contribution is 2.29. The quantitative estimate of drug-likeness (QED) is 0.471. The monoisotopic (exact) mass is 488 g/mol. The van der Waals surface area contributed by atoms with E-state index in [1.807, 2.05) is 43.3 Å². The molecule has 0 saturated heterocycles. The molecule has 7 nitrogen and oxygen atoms in total. The van der Waals surface area contributed by atoms with E-state index in [9.17, 15) is 13.2 Å². The second kappa shape index (κ2) is 10.7. The molecule has 0 radical (unpaired) electrons. The number of nitrogens with one attached hydrogen (secondary N) is 2. The van der Waals surface area contributed by atoms with Gasteiger partial charge in [-0.05, 0) is 42.3 Å². The number of hydrogen-bond acceptors (Lipinski definition) is 5. The summed E-state index contributed by atoms with van der Waals surface area (Å²) in [6.45, 7) is 1.52. The van der Waals surface area contributed by atoms with Crippen molar-refractivity contribution in [1.82, 2.24) is 4.72 Å². The topological polar surface area (TPSA) is 93.7 Å². The van der Waals surface area contributed by atoms with E-state index in [1.165, 1.54) is 32.4 Å². The maximum atomic E-state index is 12.6. The van der Waals surface area contributed by atoms with Crippen LogP contribution >= 0.6 is 11.6 Å². The van der Waals surface area contributed by atoms with E-state index < -0.39 is 22.5 Å². The standard InChI is InChI=1S/C24H25ClN2O5S/c1-16-8-10-21(18(12-16)13-17-6-4-5-7-20(17)25)27-24(28)15-26-33(29,30)19-9-11-22(31-2)23(14-19)32-3/h4-12,14,26H,13,15H2,1-3H3,(H,27,28). The molecule has 0 aliphatic rings. The summed E-state index contributed by atoms with van der Waals surface area (Å²) in [5.74, 6) is 0.177. The predicted molar refractivity (Wildman–Crippen MR) is 129 cm³/mol. The summed E-state index contributed by atoms with van der Waals surface area (Å²) < 4.78 is 37.9. The predicted octanol–water partition coefficient (Wildman–Crippen LogP) is 4.17. The zero-order valence-corrected chi connectivity index (χ0v) is 20.1. The maximum Gasteiger partial charge on any atom is 0.241 e. The molecule has 9 heteroatoms. The molecule has 3 aromatic carbocycles. The summed E-state index contributed by atoms with van der Waals surface area (Å²) in [5.41, 5.74) is 3.42. The first-order chi connectivity index (χ1) is 15.7. The first-order valence-electron chi connectivity index (χ1n) is 10.1. The van der Waals surface area contributed by atoms with Crippen LogP contribution in [0.4, 0.5) is 5.69 Å². The van der Waals surface area contributed by atoms with E-state index in [0.717, 1.165) is 16.7 Å². The molecule has 3 aromatic rings. The lowest BCUT2D eigenvalue weighted by molar-refractivity contribution is -0.115. The van der Waals surface area contributed by atoms with Crippen molar-refractivity contribution < 1.29 is 22.7 Å². The first-order valence-corrected chi connectivity index (χ1v) is 11.9. The van der Waals surface area contributed by atoms with Crippen LogP contribution in [0.3, 0.4) is 0 Å². The van der Waals surface area contributed by atoms with Crippen LogP contribution in [-0.2, 0) is 21.2 Å². The number of benzene rings is 3. The minimum atomic E-state index is -3.94. The molecule has 174 valence electrons. The minimum Gasteiger partial charge on any atom is -0.493 e. The smallest absolute Gasteiger partial charge is 0.241 e. The third kappa shape index (κ3) is 6.25. The molecule has 0 aromatic heterocycles. The molecular weight excluding hydrogens is 464 g/mol. The number of halogens is 1. The third-order valence-corrected chi connectivity index (χ3v) is 6.73. The second-order valence-corrected chi connectivity index (χ2v) is 9.49. The van der Waals surface area contributed by atoms with Crippen molar-refractivity contribution in [3.05, 3.63) is 82.4 Å². The molecule has 0 heterocycles. The van der Waals surface area contributed by atoms with E-state index >= 15 is 0 Å². The molecule has 0 fully saturated rings. The van der Waals surface area contributed by atoms with Crippen molar-refractivity contribution in [2.75, 3.05) is 26.1 Å². The van der Waals surface area contributed by atoms with Gasteiger partial charge >= 0.3 is 0 Å². The van der Waals surface area contributed by atoms with Crippen LogP contribution in [0.25, 0.3) is 0 Å². The lowest BCUT2D eigenvalue weighted by atomic mass is 10.0. The lowest BCUT2D eigenvalue weighted by Crippen LogP contribution is -2.33. The van der Waals surface area contributed by atoms with E-state index in [0.29, 0.717) is 22.9 Å². The van der Waals surface area contributed by atoms with Crippen LogP contribution in [0.2, 0.25) is 5.02 Å². The van der Waals surface area contributed by atoms with Gasteiger partial charge in [0.25, 0.3) is 0 Å². The summed E-state index contributed by atoms with van der Waals surface area (Å²) in [4.78, 5) is 12.5. The summed E-state index contributed by atoms with van der Waals surface area (Å²) in [5, 5.41) is 3.43. The molecule has 0 saturated carbocycles. The number of aryl methyl sites for hydroxylation is 1. The molecule has 2 N–H and O–H groups in total. The largest absolute Gasteiger partial charge is 0.493 e. The molecule has 33 heavy (non-hydrogen) atoms. The summed E-state index contributed by atoms with van der Waals surface area (Å²) in [6, 6.07) is 17.3. The molecule has 0 bridgehead atoms. The van der Waals surface area contributed by atoms with Crippen LogP contribution in [0, 0.1) is 6.92 Å². The molecule has 0 unspecified atom stereocenters. The van der Waals surface area contributed by atoms with Crippen LogP contribution in [0.5, 0.6) is 11.5 Å². The Bertz CT molecular complexity index is 1260. The van der Waals surface area contributed by atoms with Gasteiger partial charge in [0.15, 0.2) is 11.5 Å². The van der Waals surface area contributed by atoms with E-state index in [-0.39, 0.29) is 10.6 Å². The summed E-state index contributed by atoms with van der Waals surface area (Å²) >= 11 is 6.29. The Morgan fingerprint density at radius 3 is 2.36 bits per heavy atom. The maximum absolute atomic E-state index is 12.6. The van der Waals surface area contributed by atoms with Gasteiger partial charge in [-0.1, -0.05) is 47.5 Å². The number of ether oxygens (including phenoxy) is 2. The molecule has 0 aliphatic heterocycles. The highest BCUT2D eigenvalue weighted by atomic mass is 35.5. The van der Waals surface area contributed by atoms with Crippen LogP contribution in [0.1, 0.15) is 16.7 Å². The van der Waals surface area contributed by atoms with Gasteiger partial charge in [0.05, 0.1) is 25.7 Å². The number of sulfonamides is 1. The third-order valence-electron chi connectivity index (χ3n) is 4.96. The van der Waals surface area contributed by atoms with Crippen LogP contribution < -0.4 is 19.5 Å². The van der Waals surface area contributed by atoms with Gasteiger partial charge in [-0.2, -0.15) is 0 Å². The van der Waals surface area contributed by atoms with Gasteiger partial charge in [-0.15, -0.1) is 0 Å². The van der Waals surface area contributed by atoms with Gasteiger partial charge in [-0.3, -0.25) is 4.79 Å². The Morgan fingerprint density at radius 2 is 1.67 bits per heavy atom. The summed E-state index contributed by atoms with van der Waals surface area (Å²) in [7, 11) is -1.07. The van der Waals surface area contributed by atoms with Gasteiger partial charge in [0.2, 0.25) is 15.9 Å². The van der Waals surface area contributed by atoms with Crippen molar-refractivity contribution in [3.63, 3.8) is 0 Å². The average molecular weight is 489 g/mol. The Hall–Kier alpha value is -3.07. The van der Waals surface area contributed by atoms with Gasteiger partial charge < -0.3 is 14.8 Å². The molecule has 1 amide bonds. The number of hydrogen-bond donors (Lipinski definition) is 2. The van der Waals surface area contributed by atoms with Crippen molar-refractivity contribution in [3.8, 4) is 11.5 Å². The minimum absolute atomic E-state index is 0.0392. The normalized spacial score (nSPS) is 11.2. The average Bonchev–Trinajstić information content (AvgIpc) is 2.80. The van der Waals surface area contributed by atoms with E-state index in [2.05, 4.69) is 10.0 Å². The Morgan fingerprint density at radius 1 is 0.939 bits per heavy atom. The fourth-order valence-electron chi connectivity index (χ4n) is 3.26. The van der Waals surface area contributed by atoms with Gasteiger partial charge in [-0.25, -0.2) is 13.1 Å². The first kappa shape index (κ1) is 24.6. The van der Waals surface area contributed by atoms with Crippen molar-refractivity contribution in [1.29, 1.82) is 0 Å². The molecule has 3 rings (SSSR count). The molecule has 0 aliphatic carbocycles. The highest BCUT2D eigenvalue weighted by Gasteiger charge is 2.19. The molecule has 0 atom stereocenters. The molecular formula is C24H25ClN2O5S. The number of amides is 1. The highest BCUT2D eigenvalue weighted by molar-refractivity contribution is 7.89. The van der Waals surface area contributed by atoms with Crippen molar-refractivity contribution in [2.45, 2.75) is 18.2 Å².